The first-order valence-electron chi connectivity index (χ1n) is 6.65. The number of rotatable bonds is 2. The first-order chi connectivity index (χ1) is 8.61. The highest BCUT2D eigenvalue weighted by atomic mass is 35.5. The van der Waals surface area contributed by atoms with Gasteiger partial charge in [-0.2, -0.15) is 0 Å². The summed E-state index contributed by atoms with van der Waals surface area (Å²) < 4.78 is 0. The number of piperidine rings is 1. The molecule has 0 spiro atoms. The average Bonchev–Trinajstić information content (AvgIpc) is 2.41. The summed E-state index contributed by atoms with van der Waals surface area (Å²) in [6, 6.07) is 6.54. The Bertz CT molecular complexity index is 440. The van der Waals surface area contributed by atoms with E-state index in [-0.39, 0.29) is 18.3 Å². The summed E-state index contributed by atoms with van der Waals surface area (Å²) in [5.74, 6) is 0.174. The molecule has 0 bridgehead atoms. The van der Waals surface area contributed by atoms with E-state index in [0.29, 0.717) is 6.04 Å². The maximum Gasteiger partial charge on any atom is 0.253 e. The second-order valence-corrected chi connectivity index (χ2v) is 5.15. The predicted molar refractivity (Wildman–Crippen MR) is 81.1 cm³/mol. The monoisotopic (exact) mass is 282 g/mol. The molecule has 1 aliphatic rings. The van der Waals surface area contributed by atoms with Gasteiger partial charge in [-0.25, -0.2) is 0 Å². The maximum atomic E-state index is 12.4. The van der Waals surface area contributed by atoms with Crippen LogP contribution in [-0.2, 0) is 0 Å². The number of carbonyl (C=O) groups is 1. The molecule has 2 rings (SSSR count). The Hall–Kier alpha value is -1.06. The number of nitrogens with one attached hydrogen (secondary N) is 1. The number of hydrogen-bond acceptors (Lipinski definition) is 2. The van der Waals surface area contributed by atoms with Crippen molar-refractivity contribution in [1.82, 2.24) is 10.2 Å². The zero-order chi connectivity index (χ0) is 13.1. The molecule has 106 valence electrons. The van der Waals surface area contributed by atoms with E-state index < -0.39 is 0 Å². The van der Waals surface area contributed by atoms with Gasteiger partial charge >= 0.3 is 0 Å². The molecule has 3 nitrogen and oxygen atoms in total. The van der Waals surface area contributed by atoms with Crippen LogP contribution in [-0.4, -0.2) is 37.0 Å². The van der Waals surface area contributed by atoms with Crippen LogP contribution in [0.5, 0.6) is 0 Å². The smallest absolute Gasteiger partial charge is 0.253 e. The molecule has 0 radical (unpaired) electrons. The first-order valence-corrected chi connectivity index (χ1v) is 6.65. The third-order valence-electron chi connectivity index (χ3n) is 3.94. The van der Waals surface area contributed by atoms with E-state index in [0.717, 1.165) is 31.5 Å². The lowest BCUT2D eigenvalue weighted by Gasteiger charge is -2.32. The van der Waals surface area contributed by atoms with Crippen LogP contribution in [0.2, 0.25) is 0 Å². The van der Waals surface area contributed by atoms with E-state index in [4.69, 9.17) is 0 Å². The molecule has 0 saturated carbocycles. The number of hydrogen-bond donors (Lipinski definition) is 1. The van der Waals surface area contributed by atoms with Gasteiger partial charge in [-0.3, -0.25) is 4.79 Å². The minimum atomic E-state index is 0. The van der Waals surface area contributed by atoms with Crippen molar-refractivity contribution in [1.29, 1.82) is 0 Å². The zero-order valence-corrected chi connectivity index (χ0v) is 12.7. The topological polar surface area (TPSA) is 32.3 Å². The summed E-state index contributed by atoms with van der Waals surface area (Å²) in [4.78, 5) is 14.3. The molecule has 1 fully saturated rings. The molecule has 1 N–H and O–H groups in total. The van der Waals surface area contributed by atoms with Gasteiger partial charge < -0.3 is 10.2 Å². The molecule has 1 aromatic carbocycles. The lowest BCUT2D eigenvalue weighted by molar-refractivity contribution is 0.0707. The summed E-state index contributed by atoms with van der Waals surface area (Å²) in [7, 11) is 1.99. The molecule has 0 aromatic heterocycles. The Morgan fingerprint density at radius 2 is 1.84 bits per heavy atom. The number of benzene rings is 1. The molecule has 1 aliphatic heterocycles. The number of carbonyl (C=O) groups excluding carboxylic acids is 1. The summed E-state index contributed by atoms with van der Waals surface area (Å²) in [6.45, 7) is 5.84. The number of nitrogens with zero attached hydrogens (tertiary/aromatic N) is 1. The van der Waals surface area contributed by atoms with Crippen molar-refractivity contribution in [2.75, 3.05) is 20.1 Å². The lowest BCUT2D eigenvalue weighted by atomic mass is 10.0. The fraction of sp³-hybridized carbons (Fsp3) is 0.533. The molecule has 1 aromatic rings. The third-order valence-corrected chi connectivity index (χ3v) is 3.94. The second-order valence-electron chi connectivity index (χ2n) is 5.15. The predicted octanol–water partition coefficient (Wildman–Crippen LogP) is 2.55. The van der Waals surface area contributed by atoms with Gasteiger partial charge in [-0.1, -0.05) is 6.07 Å². The van der Waals surface area contributed by atoms with Gasteiger partial charge in [0.2, 0.25) is 0 Å². The van der Waals surface area contributed by atoms with Gasteiger partial charge in [-0.15, -0.1) is 12.4 Å². The van der Waals surface area contributed by atoms with Gasteiger partial charge in [0.1, 0.15) is 0 Å². The largest absolute Gasteiger partial charge is 0.339 e. The van der Waals surface area contributed by atoms with Gasteiger partial charge in [0.05, 0.1) is 0 Å². The fourth-order valence-electron chi connectivity index (χ4n) is 2.43. The van der Waals surface area contributed by atoms with Crippen LogP contribution in [0.4, 0.5) is 0 Å². The highest BCUT2D eigenvalue weighted by molar-refractivity contribution is 5.94. The van der Waals surface area contributed by atoms with Crippen molar-refractivity contribution in [3.63, 3.8) is 0 Å². The maximum absolute atomic E-state index is 12.4. The molecule has 1 amide bonds. The molecule has 0 unspecified atom stereocenters. The van der Waals surface area contributed by atoms with E-state index in [2.05, 4.69) is 19.2 Å². The number of aryl methyl sites for hydroxylation is 2. The lowest BCUT2D eigenvalue weighted by Crippen LogP contribution is -2.43. The van der Waals surface area contributed by atoms with Crippen LogP contribution < -0.4 is 5.32 Å². The number of likely N-dealkylation sites (tertiary alicyclic amines) is 1. The molecule has 0 atom stereocenters. The van der Waals surface area contributed by atoms with Crippen molar-refractivity contribution in [3.05, 3.63) is 34.9 Å². The molecule has 1 heterocycles. The molecular formula is C15H23ClN2O. The Kier molecular flexibility index (Phi) is 5.83. The van der Waals surface area contributed by atoms with E-state index >= 15 is 0 Å². The van der Waals surface area contributed by atoms with Crippen LogP contribution in [0.25, 0.3) is 0 Å². The van der Waals surface area contributed by atoms with Crippen molar-refractivity contribution < 1.29 is 4.79 Å². The molecule has 1 saturated heterocycles. The zero-order valence-electron chi connectivity index (χ0n) is 11.9. The Balaban J connectivity index is 0.00000180. The minimum absolute atomic E-state index is 0. The SMILES string of the molecule is CNC1CCN(C(=O)c2ccc(C)c(C)c2)CC1.Cl. The minimum Gasteiger partial charge on any atom is -0.339 e. The highest BCUT2D eigenvalue weighted by Gasteiger charge is 2.22. The van der Waals surface area contributed by atoms with E-state index in [1.807, 2.05) is 30.1 Å². The molecule has 4 heteroatoms. The molecule has 0 aliphatic carbocycles. The summed E-state index contributed by atoms with van der Waals surface area (Å²) in [5, 5.41) is 3.28. The Morgan fingerprint density at radius 1 is 1.21 bits per heavy atom. The van der Waals surface area contributed by atoms with E-state index in [9.17, 15) is 4.79 Å². The Morgan fingerprint density at radius 3 is 2.37 bits per heavy atom. The standard InChI is InChI=1S/C15H22N2O.ClH/c1-11-4-5-13(10-12(11)2)15(18)17-8-6-14(16-3)7-9-17;/h4-5,10,14,16H,6-9H2,1-3H3;1H. The van der Waals surface area contributed by atoms with Crippen molar-refractivity contribution in [2.45, 2.75) is 32.7 Å². The van der Waals surface area contributed by atoms with Crippen LogP contribution in [0, 0.1) is 13.8 Å². The van der Waals surface area contributed by atoms with Gasteiger partial charge in [0.25, 0.3) is 5.91 Å². The van der Waals surface area contributed by atoms with Crippen molar-refractivity contribution >= 4 is 18.3 Å². The average molecular weight is 283 g/mol. The van der Waals surface area contributed by atoms with Crippen LogP contribution in [0.1, 0.15) is 34.3 Å². The van der Waals surface area contributed by atoms with E-state index in [1.165, 1.54) is 11.1 Å². The van der Waals surface area contributed by atoms with Crippen LogP contribution in [0.15, 0.2) is 18.2 Å². The van der Waals surface area contributed by atoms with Crippen molar-refractivity contribution in [2.24, 2.45) is 0 Å². The summed E-state index contributed by atoms with van der Waals surface area (Å²) >= 11 is 0. The fourth-order valence-corrected chi connectivity index (χ4v) is 2.43. The summed E-state index contributed by atoms with van der Waals surface area (Å²) in [5.41, 5.74) is 3.24. The second kappa shape index (κ2) is 6.92. The summed E-state index contributed by atoms with van der Waals surface area (Å²) in [6.07, 6.45) is 2.10. The first kappa shape index (κ1) is 16.0. The van der Waals surface area contributed by atoms with Gasteiger partial charge in [-0.05, 0) is 57.0 Å². The van der Waals surface area contributed by atoms with Crippen LogP contribution >= 0.6 is 12.4 Å². The van der Waals surface area contributed by atoms with Crippen molar-refractivity contribution in [3.8, 4) is 0 Å². The Labute approximate surface area is 121 Å². The van der Waals surface area contributed by atoms with Crippen LogP contribution in [0.3, 0.4) is 0 Å². The molecule has 19 heavy (non-hydrogen) atoms. The van der Waals surface area contributed by atoms with Gasteiger partial charge in [0, 0.05) is 24.7 Å². The van der Waals surface area contributed by atoms with E-state index in [1.54, 1.807) is 0 Å². The highest BCUT2D eigenvalue weighted by Crippen LogP contribution is 2.16. The number of amides is 1. The normalized spacial score (nSPS) is 16.1. The molecular weight excluding hydrogens is 260 g/mol. The van der Waals surface area contributed by atoms with Gasteiger partial charge in [0.15, 0.2) is 0 Å². The quantitative estimate of drug-likeness (QED) is 0.904. The third kappa shape index (κ3) is 3.71. The number of halogens is 1.